The molecule has 0 spiro atoms. The van der Waals surface area contributed by atoms with E-state index in [1.54, 1.807) is 62.4 Å². The molecule has 3 rings (SSSR count). The van der Waals surface area contributed by atoms with E-state index in [0.717, 1.165) is 4.31 Å². The number of rotatable bonds is 12. The summed E-state index contributed by atoms with van der Waals surface area (Å²) in [6.45, 7) is 6.65. The Morgan fingerprint density at radius 2 is 1.54 bits per heavy atom. The lowest BCUT2D eigenvalue weighted by atomic mass is 10.1. The fraction of sp³-hybridized carbons (Fsp3) is 0.333. The van der Waals surface area contributed by atoms with Crippen LogP contribution in [0.4, 0.5) is 5.69 Å². The molecule has 0 unspecified atom stereocenters. The third-order valence-corrected chi connectivity index (χ3v) is 9.54. The maximum atomic E-state index is 14.2. The zero-order chi connectivity index (χ0) is 30.3. The number of halogens is 3. The first-order valence-corrected chi connectivity index (χ1v) is 15.8. The molecule has 0 heterocycles. The van der Waals surface area contributed by atoms with Crippen molar-refractivity contribution in [2.75, 3.05) is 10.8 Å². The average molecular weight is 639 g/mol. The standard InChI is InChI=1S/C30H34Cl3N3O4S/c1-5-21(4)34-30(38)27(6-2)35(18-24-25(32)13-10-14-26(24)33)29(37)19-36(28-17-22(31)16-15-20(28)3)41(39,40)23-11-8-7-9-12-23/h7-17,21,27H,5-6,18-19H2,1-4H3,(H,34,38)/t21-,27+/m1/s1. The van der Waals surface area contributed by atoms with Crippen molar-refractivity contribution in [1.29, 1.82) is 0 Å². The largest absolute Gasteiger partial charge is 0.352 e. The Bertz CT molecular complexity index is 1470. The maximum Gasteiger partial charge on any atom is 0.264 e. The Balaban J connectivity index is 2.13. The molecule has 0 bridgehead atoms. The van der Waals surface area contributed by atoms with Gasteiger partial charge in [-0.1, -0.05) is 79.0 Å². The third-order valence-electron chi connectivity index (χ3n) is 6.83. The third kappa shape index (κ3) is 7.95. The second kappa shape index (κ2) is 14.4. The van der Waals surface area contributed by atoms with Gasteiger partial charge >= 0.3 is 0 Å². The molecule has 1 N–H and O–H groups in total. The Labute approximate surface area is 257 Å². The van der Waals surface area contributed by atoms with Crippen LogP contribution in [0.1, 0.15) is 44.7 Å². The fourth-order valence-corrected chi connectivity index (χ4v) is 6.47. The molecule has 0 saturated carbocycles. The lowest BCUT2D eigenvalue weighted by molar-refractivity contribution is -0.140. The highest BCUT2D eigenvalue weighted by molar-refractivity contribution is 7.92. The first-order chi connectivity index (χ1) is 19.4. The van der Waals surface area contributed by atoms with E-state index in [-0.39, 0.29) is 35.5 Å². The number of hydrogen-bond acceptors (Lipinski definition) is 4. The first-order valence-electron chi connectivity index (χ1n) is 13.3. The van der Waals surface area contributed by atoms with Gasteiger partial charge in [-0.3, -0.25) is 13.9 Å². The number of anilines is 1. The molecule has 2 atom stereocenters. The van der Waals surface area contributed by atoms with Gasteiger partial charge in [0.25, 0.3) is 10.0 Å². The molecule has 41 heavy (non-hydrogen) atoms. The van der Waals surface area contributed by atoms with Crippen molar-refractivity contribution in [3.8, 4) is 0 Å². The molecule has 0 aliphatic carbocycles. The minimum Gasteiger partial charge on any atom is -0.352 e. The lowest BCUT2D eigenvalue weighted by Gasteiger charge is -2.34. The quantitative estimate of drug-likeness (QED) is 0.235. The van der Waals surface area contributed by atoms with Gasteiger partial charge in [-0.15, -0.1) is 0 Å². The zero-order valence-electron chi connectivity index (χ0n) is 23.4. The van der Waals surface area contributed by atoms with Gasteiger partial charge in [-0.05, 0) is 68.7 Å². The molecule has 0 saturated heterocycles. The van der Waals surface area contributed by atoms with Crippen molar-refractivity contribution >= 4 is 62.3 Å². The predicted molar refractivity (Wildman–Crippen MR) is 166 cm³/mol. The summed E-state index contributed by atoms with van der Waals surface area (Å²) in [6.07, 6.45) is 0.974. The number of carbonyl (C=O) groups is 2. The molecule has 2 amide bonds. The zero-order valence-corrected chi connectivity index (χ0v) is 26.5. The van der Waals surface area contributed by atoms with Crippen LogP contribution in [-0.2, 0) is 26.2 Å². The fourth-order valence-electron chi connectivity index (χ4n) is 4.30. The Hall–Kier alpha value is -2.78. The van der Waals surface area contributed by atoms with Gasteiger partial charge in [-0.2, -0.15) is 0 Å². The van der Waals surface area contributed by atoms with E-state index in [9.17, 15) is 18.0 Å². The normalized spacial score (nSPS) is 12.9. The molecule has 0 aromatic heterocycles. The van der Waals surface area contributed by atoms with Crippen LogP contribution in [0.15, 0.2) is 71.6 Å². The van der Waals surface area contributed by atoms with Crippen molar-refractivity contribution in [2.24, 2.45) is 0 Å². The van der Waals surface area contributed by atoms with Crippen molar-refractivity contribution < 1.29 is 18.0 Å². The summed E-state index contributed by atoms with van der Waals surface area (Å²) >= 11 is 19.2. The summed E-state index contributed by atoms with van der Waals surface area (Å²) in [5, 5.41) is 3.90. The Morgan fingerprint density at radius 1 is 0.902 bits per heavy atom. The first kappa shape index (κ1) is 32.7. The summed E-state index contributed by atoms with van der Waals surface area (Å²) in [6, 6.07) is 16.6. The second-order valence-electron chi connectivity index (χ2n) is 9.72. The highest BCUT2D eigenvalue weighted by Crippen LogP contribution is 2.31. The van der Waals surface area contributed by atoms with Crippen LogP contribution in [0, 0.1) is 6.92 Å². The SMILES string of the molecule is CC[C@@H](C)NC(=O)[C@H](CC)N(Cc1c(Cl)cccc1Cl)C(=O)CN(c1cc(Cl)ccc1C)S(=O)(=O)c1ccccc1. The van der Waals surface area contributed by atoms with E-state index in [0.29, 0.717) is 32.6 Å². The van der Waals surface area contributed by atoms with Crippen molar-refractivity contribution in [3.63, 3.8) is 0 Å². The summed E-state index contributed by atoms with van der Waals surface area (Å²) in [7, 11) is -4.21. The van der Waals surface area contributed by atoms with Gasteiger partial charge in [-0.25, -0.2) is 8.42 Å². The summed E-state index contributed by atoms with van der Waals surface area (Å²) in [5.74, 6) is -0.958. The van der Waals surface area contributed by atoms with E-state index in [4.69, 9.17) is 34.8 Å². The molecule has 3 aromatic carbocycles. The van der Waals surface area contributed by atoms with Crippen molar-refractivity contribution in [2.45, 2.75) is 64.1 Å². The van der Waals surface area contributed by atoms with Crippen LogP contribution in [0.2, 0.25) is 15.1 Å². The molecule has 11 heteroatoms. The molecule has 7 nitrogen and oxygen atoms in total. The van der Waals surface area contributed by atoms with Gasteiger partial charge < -0.3 is 10.2 Å². The van der Waals surface area contributed by atoms with E-state index < -0.39 is 28.5 Å². The van der Waals surface area contributed by atoms with Crippen molar-refractivity contribution in [3.05, 3.63) is 92.9 Å². The molecule has 220 valence electrons. The van der Waals surface area contributed by atoms with Gasteiger partial charge in [0.05, 0.1) is 10.6 Å². The average Bonchev–Trinajstić information content (AvgIpc) is 2.94. The number of amides is 2. The highest BCUT2D eigenvalue weighted by Gasteiger charge is 2.35. The Kier molecular flexibility index (Phi) is 11.5. The highest BCUT2D eigenvalue weighted by atomic mass is 35.5. The minimum absolute atomic E-state index is 0.00873. The van der Waals surface area contributed by atoms with E-state index in [2.05, 4.69) is 5.32 Å². The van der Waals surface area contributed by atoms with E-state index in [1.165, 1.54) is 23.1 Å². The predicted octanol–water partition coefficient (Wildman–Crippen LogP) is 6.87. The van der Waals surface area contributed by atoms with Crippen LogP contribution in [0.25, 0.3) is 0 Å². The smallest absolute Gasteiger partial charge is 0.264 e. The number of sulfonamides is 1. The Morgan fingerprint density at radius 3 is 2.12 bits per heavy atom. The van der Waals surface area contributed by atoms with Gasteiger partial charge in [0.1, 0.15) is 12.6 Å². The maximum absolute atomic E-state index is 14.2. The molecule has 3 aromatic rings. The topological polar surface area (TPSA) is 86.8 Å². The van der Waals surface area contributed by atoms with Crippen LogP contribution >= 0.6 is 34.8 Å². The number of hydrogen-bond donors (Lipinski definition) is 1. The number of nitrogens with zero attached hydrogens (tertiary/aromatic N) is 2. The molecule has 0 fully saturated rings. The summed E-state index contributed by atoms with van der Waals surface area (Å²) in [4.78, 5) is 29.0. The second-order valence-corrected chi connectivity index (χ2v) is 12.8. The summed E-state index contributed by atoms with van der Waals surface area (Å²) < 4.78 is 29.0. The lowest BCUT2D eigenvalue weighted by Crippen LogP contribution is -2.53. The molecular weight excluding hydrogens is 605 g/mol. The number of benzene rings is 3. The van der Waals surface area contributed by atoms with E-state index >= 15 is 0 Å². The van der Waals surface area contributed by atoms with Gasteiger partial charge in [0, 0.05) is 33.2 Å². The van der Waals surface area contributed by atoms with Gasteiger partial charge in [0.15, 0.2) is 0 Å². The molecule has 0 radical (unpaired) electrons. The number of carbonyl (C=O) groups excluding carboxylic acids is 2. The van der Waals surface area contributed by atoms with Crippen LogP contribution < -0.4 is 9.62 Å². The minimum atomic E-state index is -4.21. The number of nitrogens with one attached hydrogen (secondary N) is 1. The molecule has 0 aliphatic heterocycles. The number of aryl methyl sites for hydroxylation is 1. The molecule has 0 aliphatic rings. The van der Waals surface area contributed by atoms with Crippen LogP contribution in [-0.4, -0.2) is 43.8 Å². The summed E-state index contributed by atoms with van der Waals surface area (Å²) in [5.41, 5.74) is 1.31. The van der Waals surface area contributed by atoms with Crippen molar-refractivity contribution in [1.82, 2.24) is 10.2 Å². The monoisotopic (exact) mass is 637 g/mol. The van der Waals surface area contributed by atoms with E-state index in [1.807, 2.05) is 13.8 Å². The molecular formula is C30H34Cl3N3O4S. The van der Waals surface area contributed by atoms with Gasteiger partial charge in [0.2, 0.25) is 11.8 Å². The van der Waals surface area contributed by atoms with Crippen LogP contribution in [0.3, 0.4) is 0 Å². The van der Waals surface area contributed by atoms with Crippen LogP contribution in [0.5, 0.6) is 0 Å².